The van der Waals surface area contributed by atoms with Crippen LogP contribution < -0.4 is 9.47 Å². The van der Waals surface area contributed by atoms with Gasteiger partial charge in [0.1, 0.15) is 24.2 Å². The average molecular weight is 437 g/mol. The Morgan fingerprint density at radius 3 is 2.57 bits per heavy atom. The first-order chi connectivity index (χ1) is 14.3. The van der Waals surface area contributed by atoms with E-state index >= 15 is 0 Å². The molecule has 0 radical (unpaired) electrons. The summed E-state index contributed by atoms with van der Waals surface area (Å²) in [6, 6.07) is 16.0. The van der Waals surface area contributed by atoms with Gasteiger partial charge >= 0.3 is 7.60 Å². The van der Waals surface area contributed by atoms with Gasteiger partial charge in [0.2, 0.25) is 0 Å². The third-order valence-electron chi connectivity index (χ3n) is 4.38. The van der Waals surface area contributed by atoms with E-state index in [-0.39, 0.29) is 12.9 Å². The maximum absolute atomic E-state index is 11.3. The summed E-state index contributed by atoms with van der Waals surface area (Å²) in [5, 5.41) is 0. The highest BCUT2D eigenvalue weighted by molar-refractivity contribution is 7.51. The molecule has 0 aliphatic rings. The van der Waals surface area contributed by atoms with E-state index in [9.17, 15) is 9.46 Å². The van der Waals surface area contributed by atoms with Crippen LogP contribution in [0, 0.1) is 0 Å². The first kappa shape index (κ1) is 24.4. The quantitative estimate of drug-likeness (QED) is 0.379. The van der Waals surface area contributed by atoms with E-state index in [2.05, 4.69) is 12.1 Å². The van der Waals surface area contributed by atoms with Gasteiger partial charge in [-0.25, -0.2) is 0 Å². The fraction of sp³-hybridized carbons (Fsp3) is 0.455. The molecule has 2 unspecified atom stereocenters. The van der Waals surface area contributed by atoms with Crippen LogP contribution in [0.5, 0.6) is 11.5 Å². The van der Waals surface area contributed by atoms with Gasteiger partial charge in [-0.05, 0) is 56.3 Å². The van der Waals surface area contributed by atoms with E-state index in [1.165, 1.54) is 5.56 Å². The highest BCUT2D eigenvalue weighted by atomic mass is 31.2. The summed E-state index contributed by atoms with van der Waals surface area (Å²) >= 11 is 0. The largest absolute Gasteiger partial charge is 0.497 e. The molecule has 0 fully saturated rings. The van der Waals surface area contributed by atoms with Crippen molar-refractivity contribution in [3.63, 3.8) is 0 Å². The highest BCUT2D eigenvalue weighted by Crippen LogP contribution is 2.36. The molecule has 0 aromatic heterocycles. The second-order valence-corrected chi connectivity index (χ2v) is 9.24. The molecule has 30 heavy (non-hydrogen) atoms. The molecular weight excluding hydrogens is 405 g/mol. The van der Waals surface area contributed by atoms with E-state index in [1.807, 2.05) is 55.4 Å². The zero-order chi connectivity index (χ0) is 22.0. The van der Waals surface area contributed by atoms with Crippen LogP contribution in [0.4, 0.5) is 0 Å². The van der Waals surface area contributed by atoms with Crippen LogP contribution in [0.3, 0.4) is 0 Å². The van der Waals surface area contributed by atoms with Gasteiger partial charge in [0.25, 0.3) is 0 Å². The van der Waals surface area contributed by atoms with Crippen molar-refractivity contribution in [2.45, 2.75) is 18.9 Å². The predicted octanol–water partition coefficient (Wildman–Crippen LogP) is 3.60. The summed E-state index contributed by atoms with van der Waals surface area (Å²) in [6.07, 6.45) is 1.39. The molecule has 0 aliphatic carbocycles. The minimum absolute atomic E-state index is 0.260. The maximum Gasteiger partial charge on any atom is 0.327 e. The Balaban J connectivity index is 1.96. The van der Waals surface area contributed by atoms with Crippen molar-refractivity contribution >= 4 is 7.60 Å². The summed E-state index contributed by atoms with van der Waals surface area (Å²) in [5.74, 6) is 1.65. The molecule has 0 aliphatic heterocycles. The smallest absolute Gasteiger partial charge is 0.327 e. The van der Waals surface area contributed by atoms with Crippen LogP contribution >= 0.6 is 7.60 Å². The minimum Gasteiger partial charge on any atom is -0.497 e. The molecule has 166 valence electrons. The van der Waals surface area contributed by atoms with Crippen molar-refractivity contribution in [2.75, 3.05) is 47.8 Å². The Morgan fingerprint density at radius 1 is 1.10 bits per heavy atom. The van der Waals surface area contributed by atoms with E-state index in [1.54, 1.807) is 7.11 Å². The van der Waals surface area contributed by atoms with Gasteiger partial charge in [0.05, 0.1) is 7.11 Å². The molecule has 0 bridgehead atoms. The van der Waals surface area contributed by atoms with Crippen molar-refractivity contribution in [3.05, 3.63) is 59.7 Å². The lowest BCUT2D eigenvalue weighted by Crippen LogP contribution is -2.34. The third-order valence-corrected chi connectivity index (χ3v) is 4.96. The van der Waals surface area contributed by atoms with Gasteiger partial charge in [-0.3, -0.25) is 9.09 Å². The number of hydrogen-bond acceptors (Lipinski definition) is 6. The van der Waals surface area contributed by atoms with E-state index in [4.69, 9.17) is 18.7 Å². The predicted molar refractivity (Wildman–Crippen MR) is 117 cm³/mol. The minimum atomic E-state index is -3.57. The highest BCUT2D eigenvalue weighted by Gasteiger charge is 2.16. The SMILES string of the molecule is COc1cccc(CCc2ccccc2OCC(CN(C)C)OCOP(C)(=O)O)c1. The van der Waals surface area contributed by atoms with Crippen molar-refractivity contribution in [1.82, 2.24) is 4.90 Å². The molecule has 2 rings (SSSR count). The average Bonchev–Trinajstić information content (AvgIpc) is 2.69. The Kier molecular flexibility index (Phi) is 9.82. The second-order valence-electron chi connectivity index (χ2n) is 7.37. The van der Waals surface area contributed by atoms with E-state index < -0.39 is 7.60 Å². The second kappa shape index (κ2) is 12.1. The molecule has 0 spiro atoms. The van der Waals surface area contributed by atoms with Crippen LogP contribution in [0.25, 0.3) is 0 Å². The van der Waals surface area contributed by atoms with Crippen LogP contribution in [-0.4, -0.2) is 63.7 Å². The van der Waals surface area contributed by atoms with E-state index in [0.29, 0.717) is 13.2 Å². The van der Waals surface area contributed by atoms with Gasteiger partial charge in [0.15, 0.2) is 6.79 Å². The first-order valence-corrected chi connectivity index (χ1v) is 11.8. The standard InChI is InChI=1S/C22H32NO6P/c1-23(2)15-21(28-17-29-30(4,24)25)16-27-22-11-6-5-9-19(22)13-12-18-8-7-10-20(14-18)26-3/h5-11,14,21H,12-13,15-17H2,1-4H3,(H,24,25). The molecule has 0 heterocycles. The normalized spacial score (nSPS) is 14.3. The number of likely N-dealkylation sites (N-methyl/N-ethyl adjacent to an activating group) is 1. The molecule has 2 aromatic rings. The Labute approximate surface area is 179 Å². The number of nitrogens with zero attached hydrogens (tertiary/aromatic N) is 1. The summed E-state index contributed by atoms with van der Waals surface area (Å²) in [5.41, 5.74) is 2.30. The van der Waals surface area contributed by atoms with Crippen LogP contribution in [0.15, 0.2) is 48.5 Å². The van der Waals surface area contributed by atoms with Gasteiger partial charge in [-0.2, -0.15) is 0 Å². The van der Waals surface area contributed by atoms with Gasteiger partial charge in [0, 0.05) is 13.2 Å². The molecule has 0 saturated heterocycles. The van der Waals surface area contributed by atoms with E-state index in [0.717, 1.165) is 36.6 Å². The van der Waals surface area contributed by atoms with Crippen molar-refractivity contribution < 1.29 is 28.2 Å². The third kappa shape index (κ3) is 9.28. The number of ether oxygens (including phenoxy) is 3. The zero-order valence-electron chi connectivity index (χ0n) is 18.1. The molecule has 0 amide bonds. The van der Waals surface area contributed by atoms with Gasteiger partial charge in [-0.1, -0.05) is 30.3 Å². The molecule has 2 atom stereocenters. The lowest BCUT2D eigenvalue weighted by atomic mass is 10.0. The number of aryl methyl sites for hydroxylation is 2. The van der Waals surface area contributed by atoms with Gasteiger partial charge in [-0.15, -0.1) is 0 Å². The maximum atomic E-state index is 11.3. The molecule has 2 aromatic carbocycles. The number of methoxy groups -OCH3 is 1. The topological polar surface area (TPSA) is 77.5 Å². The summed E-state index contributed by atoms with van der Waals surface area (Å²) in [6.45, 7) is 1.77. The van der Waals surface area contributed by atoms with Crippen molar-refractivity contribution in [1.29, 1.82) is 0 Å². The summed E-state index contributed by atoms with van der Waals surface area (Å²) in [4.78, 5) is 11.2. The number of hydrogen-bond donors (Lipinski definition) is 1. The fourth-order valence-corrected chi connectivity index (χ4v) is 3.18. The van der Waals surface area contributed by atoms with Gasteiger partial charge < -0.3 is 24.0 Å². The van der Waals surface area contributed by atoms with Crippen LogP contribution in [-0.2, 0) is 26.7 Å². The molecule has 0 saturated carbocycles. The van der Waals surface area contributed by atoms with Crippen LogP contribution in [0.1, 0.15) is 11.1 Å². The lowest BCUT2D eigenvalue weighted by molar-refractivity contribution is -0.0629. The van der Waals surface area contributed by atoms with Crippen molar-refractivity contribution in [2.24, 2.45) is 0 Å². The number of para-hydroxylation sites is 1. The molecular formula is C22H32NO6P. The fourth-order valence-electron chi connectivity index (χ4n) is 2.93. The Bertz CT molecular complexity index is 823. The molecule has 8 heteroatoms. The summed E-state index contributed by atoms with van der Waals surface area (Å²) < 4.78 is 33.1. The number of rotatable bonds is 13. The Hall–Kier alpha value is -1.89. The first-order valence-electron chi connectivity index (χ1n) is 9.81. The number of benzene rings is 2. The van der Waals surface area contributed by atoms with Crippen LogP contribution in [0.2, 0.25) is 0 Å². The lowest BCUT2D eigenvalue weighted by Gasteiger charge is -2.23. The monoisotopic (exact) mass is 437 g/mol. The molecule has 7 nitrogen and oxygen atoms in total. The Morgan fingerprint density at radius 2 is 1.87 bits per heavy atom. The zero-order valence-corrected chi connectivity index (χ0v) is 19.0. The van der Waals surface area contributed by atoms with Crippen molar-refractivity contribution in [3.8, 4) is 11.5 Å². The molecule has 1 N–H and O–H groups in total. The summed E-state index contributed by atoms with van der Waals surface area (Å²) in [7, 11) is 1.95.